The van der Waals surface area contributed by atoms with Crippen LogP contribution in [-0.2, 0) is 9.47 Å². The lowest BCUT2D eigenvalue weighted by Crippen LogP contribution is -2.65. The molecule has 6 heteroatoms. The Morgan fingerprint density at radius 3 is 2.38 bits per heavy atom. The normalized spacial score (nSPS) is 64.4. The van der Waals surface area contributed by atoms with Gasteiger partial charge >= 0.3 is 0 Å². The minimum atomic E-state index is -2.10. The molecule has 0 aromatic heterocycles. The molecule has 2 saturated heterocycles. The minimum Gasteiger partial charge on any atom is -0.389 e. The van der Waals surface area contributed by atoms with Crippen molar-refractivity contribution in [2.75, 3.05) is 0 Å². The van der Waals surface area contributed by atoms with Gasteiger partial charge in [0.15, 0.2) is 23.8 Å². The van der Waals surface area contributed by atoms with Crippen LogP contribution in [-0.4, -0.2) is 55.9 Å². The summed E-state index contributed by atoms with van der Waals surface area (Å²) in [6.45, 7) is 6.18. The van der Waals surface area contributed by atoms with E-state index >= 15 is 0 Å². The van der Waals surface area contributed by atoms with Crippen molar-refractivity contribution >= 4 is 0 Å². The van der Waals surface area contributed by atoms with E-state index in [4.69, 9.17) is 9.47 Å². The van der Waals surface area contributed by atoms with Gasteiger partial charge in [0.2, 0.25) is 0 Å². The van der Waals surface area contributed by atoms with Gasteiger partial charge in [0.1, 0.15) is 0 Å². The zero-order chi connectivity index (χ0) is 15.4. The van der Waals surface area contributed by atoms with E-state index < -0.39 is 35.5 Å². The first-order chi connectivity index (χ1) is 9.54. The van der Waals surface area contributed by atoms with Crippen molar-refractivity contribution in [1.82, 2.24) is 0 Å². The Hall–Kier alpha value is -0.240. The molecule has 8 unspecified atom stereocenters. The van der Waals surface area contributed by atoms with E-state index in [0.717, 1.165) is 6.42 Å². The topological polar surface area (TPSA) is 99.4 Å². The van der Waals surface area contributed by atoms with Crippen molar-refractivity contribution < 1.29 is 29.9 Å². The van der Waals surface area contributed by atoms with E-state index in [-0.39, 0.29) is 23.7 Å². The zero-order valence-electron chi connectivity index (χ0n) is 12.6. The lowest BCUT2D eigenvalue weighted by molar-refractivity contribution is -0.246. The maximum atomic E-state index is 11.0. The van der Waals surface area contributed by atoms with Crippen LogP contribution in [0.15, 0.2) is 0 Å². The molecule has 2 saturated carbocycles. The first-order valence-electron chi connectivity index (χ1n) is 7.68. The van der Waals surface area contributed by atoms with E-state index in [0.29, 0.717) is 6.42 Å². The molecule has 4 N–H and O–H groups in total. The maximum absolute atomic E-state index is 11.0. The summed E-state index contributed by atoms with van der Waals surface area (Å²) in [5.41, 5.74) is -4.50. The molecule has 4 rings (SSSR count). The van der Waals surface area contributed by atoms with Crippen molar-refractivity contribution in [2.45, 2.75) is 75.5 Å². The molecule has 0 aromatic rings. The molecule has 2 heterocycles. The Morgan fingerprint density at radius 2 is 1.71 bits per heavy atom. The SMILES string of the molecule is CC1(C)CC2C(C1)C1(C)CC3(O)C(OC(O)C3(O)C2O)O1. The molecule has 0 radical (unpaired) electrons. The third-order valence-electron chi connectivity index (χ3n) is 6.43. The summed E-state index contributed by atoms with van der Waals surface area (Å²) in [6, 6.07) is 0. The van der Waals surface area contributed by atoms with Crippen molar-refractivity contribution in [3.05, 3.63) is 0 Å². The van der Waals surface area contributed by atoms with Crippen LogP contribution >= 0.6 is 0 Å². The highest BCUT2D eigenvalue weighted by atomic mass is 16.8. The van der Waals surface area contributed by atoms with Crippen LogP contribution in [0.3, 0.4) is 0 Å². The molecular weight excluding hydrogens is 276 g/mol. The number of fused-ring (bicyclic) bond motifs is 3. The predicted molar refractivity (Wildman–Crippen MR) is 70.9 cm³/mol. The number of ether oxygens (including phenoxy) is 2. The first kappa shape index (κ1) is 14.4. The van der Waals surface area contributed by atoms with Crippen LogP contribution < -0.4 is 0 Å². The minimum absolute atomic E-state index is 0.0157. The van der Waals surface area contributed by atoms with Gasteiger partial charge in [0, 0.05) is 6.42 Å². The second kappa shape index (κ2) is 3.63. The van der Waals surface area contributed by atoms with Gasteiger partial charge in [-0.1, -0.05) is 13.8 Å². The first-order valence-corrected chi connectivity index (χ1v) is 7.68. The highest BCUT2D eigenvalue weighted by Gasteiger charge is 2.79. The highest BCUT2D eigenvalue weighted by Crippen LogP contribution is 2.65. The number of hydrogen-bond donors (Lipinski definition) is 4. The summed E-state index contributed by atoms with van der Waals surface area (Å²) in [6.07, 6.45) is -2.25. The molecular formula is C15H24O6. The molecule has 0 spiro atoms. The van der Waals surface area contributed by atoms with Gasteiger partial charge in [-0.15, -0.1) is 0 Å². The lowest BCUT2D eigenvalue weighted by Gasteiger charge is -2.41. The van der Waals surface area contributed by atoms with Gasteiger partial charge in [-0.2, -0.15) is 0 Å². The summed E-state index contributed by atoms with van der Waals surface area (Å²) in [5.74, 6) is -0.219. The average Bonchev–Trinajstić information content (AvgIpc) is 2.88. The van der Waals surface area contributed by atoms with Gasteiger partial charge in [0.05, 0.1) is 11.7 Å². The van der Waals surface area contributed by atoms with E-state index in [1.165, 1.54) is 0 Å². The average molecular weight is 300 g/mol. The summed E-state index contributed by atoms with van der Waals surface area (Å²) < 4.78 is 11.2. The highest BCUT2D eigenvalue weighted by molar-refractivity contribution is 5.24. The molecule has 2 bridgehead atoms. The number of rotatable bonds is 0. The second-order valence-corrected chi connectivity index (χ2v) is 8.46. The van der Waals surface area contributed by atoms with Gasteiger partial charge in [-0.25, -0.2) is 0 Å². The largest absolute Gasteiger partial charge is 0.389 e. The van der Waals surface area contributed by atoms with Crippen LogP contribution in [0, 0.1) is 17.3 Å². The quantitative estimate of drug-likeness (QED) is 0.491. The molecule has 6 nitrogen and oxygen atoms in total. The molecule has 0 aromatic carbocycles. The lowest BCUT2D eigenvalue weighted by atomic mass is 9.74. The van der Waals surface area contributed by atoms with Crippen molar-refractivity contribution in [1.29, 1.82) is 0 Å². The predicted octanol–water partition coefficient (Wildman–Crippen LogP) is -0.271. The van der Waals surface area contributed by atoms with E-state index in [9.17, 15) is 20.4 Å². The summed E-state index contributed by atoms with van der Waals surface area (Å²) in [7, 11) is 0. The molecule has 120 valence electrons. The Labute approximate surface area is 123 Å². The van der Waals surface area contributed by atoms with E-state index in [2.05, 4.69) is 13.8 Å². The Bertz CT molecular complexity index is 495. The molecule has 8 atom stereocenters. The van der Waals surface area contributed by atoms with Crippen LogP contribution in [0.5, 0.6) is 0 Å². The van der Waals surface area contributed by atoms with Gasteiger partial charge in [-0.3, -0.25) is 0 Å². The molecule has 21 heavy (non-hydrogen) atoms. The summed E-state index contributed by atoms with van der Waals surface area (Å²) >= 11 is 0. The van der Waals surface area contributed by atoms with Crippen molar-refractivity contribution in [3.63, 3.8) is 0 Å². The van der Waals surface area contributed by atoms with E-state index in [1.54, 1.807) is 0 Å². The summed E-state index contributed by atoms with van der Waals surface area (Å²) in [5, 5.41) is 42.8. The Kier molecular flexibility index (Phi) is 2.48. The van der Waals surface area contributed by atoms with Crippen LogP contribution in [0.2, 0.25) is 0 Å². The summed E-state index contributed by atoms with van der Waals surface area (Å²) in [4.78, 5) is 0. The van der Waals surface area contributed by atoms with Gasteiger partial charge < -0.3 is 29.9 Å². The van der Waals surface area contributed by atoms with Crippen molar-refractivity contribution in [2.24, 2.45) is 17.3 Å². The monoisotopic (exact) mass is 300 g/mol. The zero-order valence-corrected chi connectivity index (χ0v) is 12.6. The van der Waals surface area contributed by atoms with Crippen molar-refractivity contribution in [3.8, 4) is 0 Å². The fourth-order valence-electron chi connectivity index (χ4n) is 5.47. The second-order valence-electron chi connectivity index (χ2n) is 8.46. The number of aliphatic hydroxyl groups is 4. The van der Waals surface area contributed by atoms with Gasteiger partial charge in [-0.05, 0) is 37.0 Å². The smallest absolute Gasteiger partial charge is 0.193 e. The van der Waals surface area contributed by atoms with Crippen LogP contribution in [0.25, 0.3) is 0 Å². The fraction of sp³-hybridized carbons (Fsp3) is 1.00. The van der Waals surface area contributed by atoms with Crippen LogP contribution in [0.4, 0.5) is 0 Å². The third kappa shape index (κ3) is 1.44. The fourth-order valence-corrected chi connectivity index (χ4v) is 5.47. The number of hydrogen-bond acceptors (Lipinski definition) is 6. The molecule has 4 aliphatic rings. The maximum Gasteiger partial charge on any atom is 0.193 e. The van der Waals surface area contributed by atoms with E-state index in [1.807, 2.05) is 6.92 Å². The third-order valence-corrected chi connectivity index (χ3v) is 6.43. The Balaban J connectivity index is 1.88. The molecule has 4 fully saturated rings. The molecule has 2 aliphatic carbocycles. The molecule has 0 amide bonds. The standard InChI is InChI=1S/C15H24O6/c1-12(2)4-7-8(5-12)13(3)6-14(18)11(21-13)20-10(17)15(14,19)9(7)16/h7-11,16-19H,4-6H2,1-3H3. The molecule has 2 aliphatic heterocycles. The van der Waals surface area contributed by atoms with Gasteiger partial charge in [0.25, 0.3) is 0 Å². The Morgan fingerprint density at radius 1 is 1.05 bits per heavy atom. The van der Waals surface area contributed by atoms with Crippen LogP contribution in [0.1, 0.15) is 40.0 Å². The number of aliphatic hydroxyl groups excluding tert-OH is 2.